The molecule has 0 N–H and O–H groups in total. The summed E-state index contributed by atoms with van der Waals surface area (Å²) < 4.78 is 2.35. The molecule has 0 aliphatic heterocycles. The molecular weight excluding hydrogens is 354 g/mol. The molecule has 0 unspecified atom stereocenters. The van der Waals surface area contributed by atoms with Gasteiger partial charge in [0.1, 0.15) is 5.65 Å². The van der Waals surface area contributed by atoms with Crippen LogP contribution in [0, 0.1) is 0 Å². The van der Waals surface area contributed by atoms with E-state index in [2.05, 4.69) is 84.0 Å². The number of aryl methyl sites for hydroxylation is 2. The van der Waals surface area contributed by atoms with Gasteiger partial charge >= 0.3 is 0 Å². The molecule has 3 aromatic carbocycles. The van der Waals surface area contributed by atoms with Gasteiger partial charge in [-0.1, -0.05) is 56.3 Å². The zero-order valence-electron chi connectivity index (χ0n) is 16.6. The monoisotopic (exact) mass is 375 g/mol. The molecule has 6 aromatic rings. The first kappa shape index (κ1) is 16.5. The van der Waals surface area contributed by atoms with Crippen molar-refractivity contribution in [3.8, 4) is 11.3 Å². The van der Waals surface area contributed by atoms with Crippen molar-refractivity contribution in [3.63, 3.8) is 0 Å². The molecule has 3 aromatic heterocycles. The number of hydrogen-bond donors (Lipinski definition) is 0. The van der Waals surface area contributed by atoms with E-state index >= 15 is 0 Å². The van der Waals surface area contributed by atoms with E-state index in [1.165, 1.54) is 49.4 Å². The highest BCUT2D eigenvalue weighted by molar-refractivity contribution is 6.24. The first-order valence-corrected chi connectivity index (χ1v) is 10.3. The third-order valence-electron chi connectivity index (χ3n) is 6.22. The maximum absolute atomic E-state index is 4.94. The van der Waals surface area contributed by atoms with Crippen LogP contribution < -0.4 is 0 Å². The quantitative estimate of drug-likeness (QED) is 0.334. The lowest BCUT2D eigenvalue weighted by Gasteiger charge is -2.16. The summed E-state index contributed by atoms with van der Waals surface area (Å²) in [5, 5.41) is 4.91. The molecule has 6 rings (SSSR count). The van der Waals surface area contributed by atoms with Gasteiger partial charge in [-0.3, -0.25) is 9.38 Å². The standard InChI is InChI=1S/C26H21N3/c1-3-16-7-5-8-17(4-2)23(16)22-15-28-26-19-10-6-9-18-11-12-20-25(24(18)19)21(29(22)26)13-14-27-20/h5-15H,3-4H2,1-2H3. The van der Waals surface area contributed by atoms with Crippen molar-refractivity contribution < 1.29 is 0 Å². The van der Waals surface area contributed by atoms with Crippen LogP contribution >= 0.6 is 0 Å². The van der Waals surface area contributed by atoms with Gasteiger partial charge in [0.05, 0.1) is 22.9 Å². The van der Waals surface area contributed by atoms with E-state index in [-0.39, 0.29) is 0 Å². The Kier molecular flexibility index (Phi) is 3.42. The highest BCUT2D eigenvalue weighted by Crippen LogP contribution is 2.39. The minimum absolute atomic E-state index is 1.00. The SMILES string of the molecule is CCc1cccc(CC)c1-c1cnc2c3cccc4ccc5nccc(c5c43)n12. The van der Waals surface area contributed by atoms with E-state index in [0.29, 0.717) is 0 Å². The van der Waals surface area contributed by atoms with Gasteiger partial charge in [0, 0.05) is 27.9 Å². The first-order chi connectivity index (χ1) is 14.3. The van der Waals surface area contributed by atoms with Crippen LogP contribution in [0.4, 0.5) is 0 Å². The summed E-state index contributed by atoms with van der Waals surface area (Å²) in [5.74, 6) is 0. The van der Waals surface area contributed by atoms with Gasteiger partial charge in [-0.05, 0) is 41.5 Å². The Morgan fingerprint density at radius 1 is 0.793 bits per heavy atom. The van der Waals surface area contributed by atoms with Crippen LogP contribution in [0.5, 0.6) is 0 Å². The number of aromatic nitrogens is 3. The number of nitrogens with zero attached hydrogens (tertiary/aromatic N) is 3. The zero-order chi connectivity index (χ0) is 19.5. The van der Waals surface area contributed by atoms with Crippen LogP contribution in [-0.4, -0.2) is 14.4 Å². The van der Waals surface area contributed by atoms with Gasteiger partial charge in [0.2, 0.25) is 0 Å². The smallest absolute Gasteiger partial charge is 0.145 e. The molecule has 0 spiro atoms. The molecule has 0 aliphatic carbocycles. The average molecular weight is 375 g/mol. The van der Waals surface area contributed by atoms with Crippen molar-refractivity contribution in [1.29, 1.82) is 0 Å². The van der Waals surface area contributed by atoms with Crippen molar-refractivity contribution in [3.05, 3.63) is 78.1 Å². The summed E-state index contributed by atoms with van der Waals surface area (Å²) in [4.78, 5) is 9.60. The van der Waals surface area contributed by atoms with Crippen molar-refractivity contribution in [2.45, 2.75) is 26.7 Å². The second kappa shape index (κ2) is 6.02. The lowest BCUT2D eigenvalue weighted by atomic mass is 9.95. The molecule has 3 nitrogen and oxygen atoms in total. The Hall–Kier alpha value is -3.46. The normalized spacial score (nSPS) is 12.1. The molecule has 29 heavy (non-hydrogen) atoms. The highest BCUT2D eigenvalue weighted by Gasteiger charge is 2.19. The van der Waals surface area contributed by atoms with E-state index in [9.17, 15) is 0 Å². The number of fused-ring (bicyclic) bond motifs is 3. The summed E-state index contributed by atoms with van der Waals surface area (Å²) >= 11 is 0. The second-order valence-electron chi connectivity index (χ2n) is 7.65. The predicted octanol–water partition coefficient (Wildman–Crippen LogP) is 6.42. The third-order valence-corrected chi connectivity index (χ3v) is 6.22. The van der Waals surface area contributed by atoms with Gasteiger partial charge < -0.3 is 0 Å². The average Bonchev–Trinajstić information content (AvgIpc) is 3.22. The molecule has 0 aliphatic rings. The van der Waals surface area contributed by atoms with E-state index in [1.54, 1.807) is 0 Å². The lowest BCUT2D eigenvalue weighted by molar-refractivity contribution is 1.08. The van der Waals surface area contributed by atoms with Gasteiger partial charge in [-0.15, -0.1) is 0 Å². The summed E-state index contributed by atoms with van der Waals surface area (Å²) in [7, 11) is 0. The van der Waals surface area contributed by atoms with Crippen molar-refractivity contribution in [2.24, 2.45) is 0 Å². The first-order valence-electron chi connectivity index (χ1n) is 10.3. The van der Waals surface area contributed by atoms with Crippen LogP contribution in [0.3, 0.4) is 0 Å². The Morgan fingerprint density at radius 3 is 2.38 bits per heavy atom. The summed E-state index contributed by atoms with van der Waals surface area (Å²) in [6.45, 7) is 4.46. The van der Waals surface area contributed by atoms with E-state index < -0.39 is 0 Å². The van der Waals surface area contributed by atoms with Crippen LogP contribution in [0.1, 0.15) is 25.0 Å². The molecule has 0 atom stereocenters. The van der Waals surface area contributed by atoms with Crippen LogP contribution in [-0.2, 0) is 12.8 Å². The summed E-state index contributed by atoms with van der Waals surface area (Å²) in [6.07, 6.45) is 5.97. The molecule has 140 valence electrons. The minimum atomic E-state index is 1.00. The molecule has 0 fully saturated rings. The molecule has 0 radical (unpaired) electrons. The topological polar surface area (TPSA) is 30.2 Å². The number of pyridine rings is 2. The summed E-state index contributed by atoms with van der Waals surface area (Å²) in [5.41, 5.74) is 8.47. The lowest BCUT2D eigenvalue weighted by Crippen LogP contribution is -2.00. The van der Waals surface area contributed by atoms with Gasteiger partial charge in [0.15, 0.2) is 0 Å². The molecule has 0 bridgehead atoms. The zero-order valence-corrected chi connectivity index (χ0v) is 16.6. The fourth-order valence-corrected chi connectivity index (χ4v) is 4.91. The van der Waals surface area contributed by atoms with Crippen molar-refractivity contribution in [2.75, 3.05) is 0 Å². The highest BCUT2D eigenvalue weighted by atomic mass is 15.0. The van der Waals surface area contributed by atoms with Gasteiger partial charge in [-0.2, -0.15) is 0 Å². The van der Waals surface area contributed by atoms with Crippen LogP contribution in [0.25, 0.3) is 49.5 Å². The molecule has 3 heteroatoms. The maximum Gasteiger partial charge on any atom is 0.145 e. The van der Waals surface area contributed by atoms with Gasteiger partial charge in [-0.25, -0.2) is 4.98 Å². The Morgan fingerprint density at radius 2 is 1.59 bits per heavy atom. The van der Waals surface area contributed by atoms with E-state index in [1.807, 2.05) is 6.20 Å². The maximum atomic E-state index is 4.94. The molecule has 0 saturated heterocycles. The molecule has 0 amide bonds. The Bertz CT molecular complexity index is 1500. The van der Waals surface area contributed by atoms with Gasteiger partial charge in [0.25, 0.3) is 0 Å². The molecular formula is C26H21N3. The number of imidazole rings is 1. The fraction of sp³-hybridized carbons (Fsp3) is 0.154. The van der Waals surface area contributed by atoms with E-state index in [0.717, 1.165) is 24.0 Å². The number of rotatable bonds is 3. The predicted molar refractivity (Wildman–Crippen MR) is 121 cm³/mol. The van der Waals surface area contributed by atoms with Crippen molar-refractivity contribution in [1.82, 2.24) is 14.4 Å². The van der Waals surface area contributed by atoms with E-state index in [4.69, 9.17) is 4.98 Å². The number of benzene rings is 3. The molecule has 3 heterocycles. The fourth-order valence-electron chi connectivity index (χ4n) is 4.91. The van der Waals surface area contributed by atoms with Crippen molar-refractivity contribution >= 4 is 38.2 Å². The second-order valence-corrected chi connectivity index (χ2v) is 7.65. The van der Waals surface area contributed by atoms with Crippen LogP contribution in [0.2, 0.25) is 0 Å². The minimum Gasteiger partial charge on any atom is -0.292 e. The number of hydrogen-bond acceptors (Lipinski definition) is 2. The largest absolute Gasteiger partial charge is 0.292 e. The summed E-state index contributed by atoms with van der Waals surface area (Å²) in [6, 6.07) is 19.6. The third kappa shape index (κ3) is 2.13. The molecule has 0 saturated carbocycles. The Balaban J connectivity index is 1.89. The Labute approximate surface area is 169 Å². The van der Waals surface area contributed by atoms with Crippen LogP contribution in [0.15, 0.2) is 67.0 Å².